The number of carboxylic acid groups (broad SMARTS) is 2. The van der Waals surface area contributed by atoms with E-state index in [9.17, 15) is 26.3 Å². The predicted molar refractivity (Wildman–Crippen MR) is 117 cm³/mol. The summed E-state index contributed by atoms with van der Waals surface area (Å²) in [6.45, 7) is 10.7. The van der Waals surface area contributed by atoms with Gasteiger partial charge in [-0.2, -0.15) is 26.3 Å². The summed E-state index contributed by atoms with van der Waals surface area (Å²) in [5.74, 6) is -3.29. The van der Waals surface area contributed by atoms with Gasteiger partial charge in [0.25, 0.3) is 0 Å². The second-order valence-corrected chi connectivity index (χ2v) is 7.59. The highest BCUT2D eigenvalue weighted by Gasteiger charge is 2.38. The lowest BCUT2D eigenvalue weighted by atomic mass is 10.2. The number of nitrogens with zero attached hydrogens (tertiary/aromatic N) is 5. The standard InChI is InChI=1S/C17H25N5.2C2HF3O2/c1-15-5-3-6-17(19-15)22-13-11-20(12-14-22)8-4-9-21-10-7-18-16(21)2;2*3-2(4,5)1(6)7/h3,5-7,10H,4,8-9,11-14H2,1-2H3;2*(H,6,7). The molecule has 0 aromatic carbocycles. The van der Waals surface area contributed by atoms with Crippen molar-refractivity contribution < 1.29 is 46.1 Å². The molecule has 2 aromatic heterocycles. The average molecular weight is 527 g/mol. The van der Waals surface area contributed by atoms with Crippen LogP contribution in [-0.2, 0) is 16.1 Å². The molecule has 0 spiro atoms. The minimum atomic E-state index is -5.08. The molecular weight excluding hydrogens is 500 g/mol. The number of anilines is 1. The molecule has 0 radical (unpaired) electrons. The highest BCUT2D eigenvalue weighted by atomic mass is 19.4. The molecule has 0 aliphatic carbocycles. The Labute approximate surface area is 203 Å². The van der Waals surface area contributed by atoms with Crippen LogP contribution in [0, 0.1) is 13.8 Å². The third-order valence-corrected chi connectivity index (χ3v) is 4.85. The van der Waals surface area contributed by atoms with Crippen molar-refractivity contribution in [2.24, 2.45) is 0 Å². The van der Waals surface area contributed by atoms with Gasteiger partial charge in [-0.1, -0.05) is 6.07 Å². The number of aryl methyl sites for hydroxylation is 3. The first kappa shape index (κ1) is 30.7. The van der Waals surface area contributed by atoms with Gasteiger partial charge in [0.1, 0.15) is 11.6 Å². The van der Waals surface area contributed by atoms with Crippen molar-refractivity contribution in [2.45, 2.75) is 39.2 Å². The van der Waals surface area contributed by atoms with Crippen molar-refractivity contribution in [3.63, 3.8) is 0 Å². The number of pyridine rings is 1. The van der Waals surface area contributed by atoms with Gasteiger partial charge in [-0.3, -0.25) is 4.90 Å². The Hall–Kier alpha value is -3.36. The molecule has 0 atom stereocenters. The average Bonchev–Trinajstić information content (AvgIpc) is 3.18. The number of aliphatic carboxylic acids is 2. The number of rotatable bonds is 5. The lowest BCUT2D eigenvalue weighted by molar-refractivity contribution is -0.193. The van der Waals surface area contributed by atoms with Crippen molar-refractivity contribution in [2.75, 3.05) is 37.6 Å². The van der Waals surface area contributed by atoms with E-state index in [1.54, 1.807) is 0 Å². The van der Waals surface area contributed by atoms with E-state index in [1.807, 2.05) is 6.20 Å². The maximum Gasteiger partial charge on any atom is 0.490 e. The largest absolute Gasteiger partial charge is 0.490 e. The summed E-state index contributed by atoms with van der Waals surface area (Å²) in [7, 11) is 0. The number of hydrogen-bond acceptors (Lipinski definition) is 6. The zero-order chi connectivity index (χ0) is 27.5. The monoisotopic (exact) mass is 527 g/mol. The Bertz CT molecular complexity index is 948. The number of hydrogen-bond donors (Lipinski definition) is 2. The molecule has 0 unspecified atom stereocenters. The number of aromatic nitrogens is 3. The summed E-state index contributed by atoms with van der Waals surface area (Å²) in [4.78, 5) is 31.6. The molecule has 2 N–H and O–H groups in total. The molecule has 15 heteroatoms. The minimum Gasteiger partial charge on any atom is -0.475 e. The summed E-state index contributed by atoms with van der Waals surface area (Å²) < 4.78 is 65.7. The van der Waals surface area contributed by atoms with Gasteiger partial charge in [-0.25, -0.2) is 19.6 Å². The van der Waals surface area contributed by atoms with Crippen LogP contribution in [0.1, 0.15) is 17.9 Å². The third kappa shape index (κ3) is 11.4. The number of halogens is 6. The summed E-state index contributed by atoms with van der Waals surface area (Å²) in [6, 6.07) is 6.26. The van der Waals surface area contributed by atoms with E-state index in [0.717, 1.165) is 56.6 Å². The fourth-order valence-corrected chi connectivity index (χ4v) is 3.01. The lowest BCUT2D eigenvalue weighted by Gasteiger charge is -2.35. The van der Waals surface area contributed by atoms with Gasteiger partial charge in [0.2, 0.25) is 0 Å². The highest BCUT2D eigenvalue weighted by Crippen LogP contribution is 2.15. The fraction of sp³-hybridized carbons (Fsp3) is 0.524. The second kappa shape index (κ2) is 13.7. The Morgan fingerprint density at radius 2 is 1.44 bits per heavy atom. The van der Waals surface area contributed by atoms with Gasteiger partial charge in [-0.05, 0) is 38.9 Å². The van der Waals surface area contributed by atoms with Crippen LogP contribution in [0.5, 0.6) is 0 Å². The van der Waals surface area contributed by atoms with Crippen molar-refractivity contribution >= 4 is 17.8 Å². The molecule has 1 aliphatic heterocycles. The van der Waals surface area contributed by atoms with Gasteiger partial charge >= 0.3 is 24.3 Å². The summed E-state index contributed by atoms with van der Waals surface area (Å²) in [6.07, 6.45) is -5.04. The predicted octanol–water partition coefficient (Wildman–Crippen LogP) is 3.37. The van der Waals surface area contributed by atoms with Crippen molar-refractivity contribution in [3.05, 3.63) is 42.1 Å². The number of carboxylic acids is 2. The van der Waals surface area contributed by atoms with E-state index in [0.29, 0.717) is 0 Å². The third-order valence-electron chi connectivity index (χ3n) is 4.85. The Kier molecular flexibility index (Phi) is 11.6. The quantitative estimate of drug-likeness (QED) is 0.570. The number of alkyl halides is 6. The molecule has 0 amide bonds. The van der Waals surface area contributed by atoms with Gasteiger partial charge in [0.15, 0.2) is 0 Å². The maximum absolute atomic E-state index is 10.6. The molecule has 2 aromatic rings. The van der Waals surface area contributed by atoms with Crippen LogP contribution >= 0.6 is 0 Å². The Morgan fingerprint density at radius 1 is 0.917 bits per heavy atom. The minimum absolute atomic E-state index is 1.06. The highest BCUT2D eigenvalue weighted by molar-refractivity contribution is 5.73. The zero-order valence-electron chi connectivity index (χ0n) is 19.6. The molecule has 3 rings (SSSR count). The molecule has 0 bridgehead atoms. The normalized spacial score (nSPS) is 14.3. The topological polar surface area (TPSA) is 112 Å². The molecule has 1 aliphatic rings. The van der Waals surface area contributed by atoms with E-state index in [-0.39, 0.29) is 0 Å². The summed E-state index contributed by atoms with van der Waals surface area (Å²) in [5, 5.41) is 14.2. The van der Waals surface area contributed by atoms with Crippen molar-refractivity contribution in [1.82, 2.24) is 19.4 Å². The van der Waals surface area contributed by atoms with Crippen LogP contribution in [0.25, 0.3) is 0 Å². The summed E-state index contributed by atoms with van der Waals surface area (Å²) >= 11 is 0. The first-order valence-corrected chi connectivity index (χ1v) is 10.6. The first-order chi connectivity index (χ1) is 16.6. The number of imidazole rings is 1. The van der Waals surface area contributed by atoms with Crippen LogP contribution in [-0.4, -0.2) is 86.7 Å². The van der Waals surface area contributed by atoms with E-state index in [4.69, 9.17) is 19.8 Å². The smallest absolute Gasteiger partial charge is 0.475 e. The fourth-order valence-electron chi connectivity index (χ4n) is 3.01. The van der Waals surface area contributed by atoms with Crippen LogP contribution in [0.15, 0.2) is 30.6 Å². The SMILES string of the molecule is Cc1cccc(N2CCN(CCCn3ccnc3C)CC2)n1.O=C(O)C(F)(F)F.O=C(O)C(F)(F)F. The Balaban J connectivity index is 0.000000383. The van der Waals surface area contributed by atoms with Gasteiger partial charge in [-0.15, -0.1) is 0 Å². The molecule has 1 fully saturated rings. The molecule has 36 heavy (non-hydrogen) atoms. The van der Waals surface area contributed by atoms with Crippen LogP contribution in [0.2, 0.25) is 0 Å². The molecular formula is C21H27F6N5O4. The van der Waals surface area contributed by atoms with Crippen LogP contribution in [0.3, 0.4) is 0 Å². The van der Waals surface area contributed by atoms with Crippen molar-refractivity contribution in [1.29, 1.82) is 0 Å². The van der Waals surface area contributed by atoms with Crippen molar-refractivity contribution in [3.8, 4) is 0 Å². The van der Waals surface area contributed by atoms with Gasteiger partial charge < -0.3 is 19.7 Å². The van der Waals surface area contributed by atoms with Crippen LogP contribution < -0.4 is 4.90 Å². The van der Waals surface area contributed by atoms with Crippen LogP contribution in [0.4, 0.5) is 32.2 Å². The molecule has 202 valence electrons. The molecule has 1 saturated heterocycles. The number of piperazine rings is 1. The van der Waals surface area contributed by atoms with Gasteiger partial charge in [0.05, 0.1) is 0 Å². The zero-order valence-corrected chi connectivity index (χ0v) is 19.6. The van der Waals surface area contributed by atoms with E-state index in [1.165, 1.54) is 6.42 Å². The maximum atomic E-state index is 10.6. The van der Waals surface area contributed by atoms with Gasteiger partial charge in [0, 0.05) is 50.8 Å². The van der Waals surface area contributed by atoms with E-state index in [2.05, 4.69) is 62.6 Å². The summed E-state index contributed by atoms with van der Waals surface area (Å²) in [5.41, 5.74) is 1.09. The number of carbonyl (C=O) groups is 2. The first-order valence-electron chi connectivity index (χ1n) is 10.6. The van der Waals surface area contributed by atoms with E-state index >= 15 is 0 Å². The second-order valence-electron chi connectivity index (χ2n) is 7.59. The Morgan fingerprint density at radius 3 is 1.86 bits per heavy atom. The molecule has 3 heterocycles. The lowest BCUT2D eigenvalue weighted by Crippen LogP contribution is -2.47. The van der Waals surface area contributed by atoms with E-state index < -0.39 is 24.3 Å². The molecule has 0 saturated carbocycles. The molecule has 9 nitrogen and oxygen atoms in total.